The lowest BCUT2D eigenvalue weighted by atomic mass is 10.1. The molecule has 0 fully saturated rings. The Morgan fingerprint density at radius 3 is 2.66 bits per heavy atom. The van der Waals surface area contributed by atoms with Gasteiger partial charge in [-0.3, -0.25) is 4.79 Å². The van der Waals surface area contributed by atoms with Crippen molar-refractivity contribution >= 4 is 5.52 Å². The van der Waals surface area contributed by atoms with E-state index in [2.05, 4.69) is 15.2 Å². The van der Waals surface area contributed by atoms with E-state index in [1.54, 1.807) is 23.0 Å². The minimum absolute atomic E-state index is 0.171. The summed E-state index contributed by atoms with van der Waals surface area (Å²) in [6, 6.07) is 17.2. The van der Waals surface area contributed by atoms with Crippen molar-refractivity contribution in [2.75, 3.05) is 6.61 Å². The number of aromatic nitrogens is 5. The number of nitrogens with zero attached hydrogens (tertiary/aromatic N) is 5. The third kappa shape index (κ3) is 3.66. The third-order valence-corrected chi connectivity index (χ3v) is 5.22. The molecule has 8 heteroatoms. The van der Waals surface area contributed by atoms with Gasteiger partial charge in [-0.2, -0.15) is 10.1 Å². The van der Waals surface area contributed by atoms with Crippen LogP contribution in [0.5, 0.6) is 5.75 Å². The van der Waals surface area contributed by atoms with Crippen molar-refractivity contribution in [2.45, 2.75) is 20.4 Å². The molecule has 0 amide bonds. The Bertz CT molecular complexity index is 1450. The van der Waals surface area contributed by atoms with Gasteiger partial charge in [-0.25, -0.2) is 4.52 Å². The van der Waals surface area contributed by atoms with Crippen LogP contribution >= 0.6 is 0 Å². The van der Waals surface area contributed by atoms with Crippen LogP contribution in [-0.4, -0.2) is 30.9 Å². The summed E-state index contributed by atoms with van der Waals surface area (Å²) >= 11 is 0. The second kappa shape index (κ2) is 8.14. The smallest absolute Gasteiger partial charge is 0.277 e. The molecule has 0 saturated carbocycles. The number of aryl methyl sites for hydroxylation is 1. The molecule has 0 aliphatic carbocycles. The zero-order valence-electron chi connectivity index (χ0n) is 17.7. The highest BCUT2D eigenvalue weighted by Crippen LogP contribution is 2.22. The van der Waals surface area contributed by atoms with E-state index < -0.39 is 0 Å². The molecule has 5 rings (SSSR count). The molecule has 0 spiro atoms. The number of benzene rings is 2. The van der Waals surface area contributed by atoms with Crippen LogP contribution in [0, 0.1) is 6.92 Å². The Morgan fingerprint density at radius 1 is 1.06 bits per heavy atom. The van der Waals surface area contributed by atoms with Gasteiger partial charge in [0.1, 0.15) is 17.8 Å². The summed E-state index contributed by atoms with van der Waals surface area (Å²) < 4.78 is 14.0. The number of rotatable bonds is 6. The van der Waals surface area contributed by atoms with Crippen molar-refractivity contribution in [3.8, 4) is 28.4 Å². The lowest BCUT2D eigenvalue weighted by molar-refractivity contribution is 0.340. The molecule has 0 aliphatic heterocycles. The van der Waals surface area contributed by atoms with Crippen LogP contribution in [0.1, 0.15) is 18.4 Å². The molecule has 0 N–H and O–H groups in total. The number of hydrogen-bond acceptors (Lipinski definition) is 6. The van der Waals surface area contributed by atoms with Crippen LogP contribution in [0.3, 0.4) is 0 Å². The van der Waals surface area contributed by atoms with Gasteiger partial charge in [-0.15, -0.1) is 0 Å². The fourth-order valence-corrected chi connectivity index (χ4v) is 3.59. The summed E-state index contributed by atoms with van der Waals surface area (Å²) in [5.74, 6) is 1.59. The fraction of sp³-hybridized carbons (Fsp3) is 0.167. The molecule has 0 atom stereocenters. The fourth-order valence-electron chi connectivity index (χ4n) is 3.59. The van der Waals surface area contributed by atoms with Crippen molar-refractivity contribution in [2.24, 2.45) is 0 Å². The summed E-state index contributed by atoms with van der Waals surface area (Å²) in [6.45, 7) is 4.74. The van der Waals surface area contributed by atoms with Gasteiger partial charge < -0.3 is 13.8 Å². The van der Waals surface area contributed by atoms with Crippen LogP contribution in [0.15, 0.2) is 76.3 Å². The monoisotopic (exact) mass is 427 g/mol. The second-order valence-corrected chi connectivity index (χ2v) is 7.37. The molecule has 0 saturated heterocycles. The average Bonchev–Trinajstić information content (AvgIpc) is 3.45. The Balaban J connectivity index is 1.42. The van der Waals surface area contributed by atoms with E-state index in [0.29, 0.717) is 23.8 Å². The first-order valence-electron chi connectivity index (χ1n) is 10.3. The van der Waals surface area contributed by atoms with Gasteiger partial charge in [0.15, 0.2) is 0 Å². The van der Waals surface area contributed by atoms with Gasteiger partial charge in [0.2, 0.25) is 11.7 Å². The maximum Gasteiger partial charge on any atom is 0.277 e. The zero-order chi connectivity index (χ0) is 22.1. The molecule has 0 radical (unpaired) electrons. The number of ether oxygens (including phenoxy) is 1. The SMILES string of the molecule is CCOc1ccc(-c2noc(Cn3ccn4nc(-c5ccccc5C)cc4c3=O)n2)cc1. The van der Waals surface area contributed by atoms with Gasteiger partial charge in [0, 0.05) is 23.5 Å². The molecule has 5 aromatic rings. The average molecular weight is 427 g/mol. The standard InChI is InChI=1S/C24H21N5O3/c1-3-31-18-10-8-17(9-11-18)23-25-22(32-27-23)15-28-12-13-29-21(24(28)30)14-20(26-29)19-7-5-4-6-16(19)2/h4-14H,3,15H2,1-2H3. The largest absolute Gasteiger partial charge is 0.494 e. The number of fused-ring (bicyclic) bond motifs is 1. The normalized spacial score (nSPS) is 11.2. The van der Waals surface area contributed by atoms with Crippen LogP contribution in [0.2, 0.25) is 0 Å². The highest BCUT2D eigenvalue weighted by Gasteiger charge is 2.14. The highest BCUT2D eigenvalue weighted by molar-refractivity contribution is 5.68. The topological polar surface area (TPSA) is 87.5 Å². The summed E-state index contributed by atoms with van der Waals surface area (Å²) in [5.41, 5.74) is 3.97. The van der Waals surface area contributed by atoms with Crippen LogP contribution in [0.25, 0.3) is 28.2 Å². The summed E-state index contributed by atoms with van der Waals surface area (Å²) in [6.07, 6.45) is 3.42. The molecule has 0 bridgehead atoms. The van der Waals surface area contributed by atoms with Crippen LogP contribution in [-0.2, 0) is 6.54 Å². The van der Waals surface area contributed by atoms with Gasteiger partial charge in [0.25, 0.3) is 5.56 Å². The minimum Gasteiger partial charge on any atom is -0.494 e. The van der Waals surface area contributed by atoms with Crippen LogP contribution < -0.4 is 10.3 Å². The number of hydrogen-bond donors (Lipinski definition) is 0. The van der Waals surface area contributed by atoms with E-state index in [9.17, 15) is 4.79 Å². The first-order chi connectivity index (χ1) is 15.6. The lowest BCUT2D eigenvalue weighted by Crippen LogP contribution is -2.21. The summed E-state index contributed by atoms with van der Waals surface area (Å²) in [5, 5.41) is 8.60. The quantitative estimate of drug-likeness (QED) is 0.408. The molecule has 0 unspecified atom stereocenters. The van der Waals surface area contributed by atoms with E-state index in [1.807, 2.05) is 62.4 Å². The van der Waals surface area contributed by atoms with E-state index in [-0.39, 0.29) is 12.1 Å². The van der Waals surface area contributed by atoms with Gasteiger partial charge in [-0.05, 0) is 49.7 Å². The predicted octanol–water partition coefficient (Wildman–Crippen LogP) is 3.97. The minimum atomic E-state index is -0.180. The predicted molar refractivity (Wildman–Crippen MR) is 120 cm³/mol. The van der Waals surface area contributed by atoms with E-state index in [1.165, 1.54) is 4.57 Å². The van der Waals surface area contributed by atoms with Gasteiger partial charge >= 0.3 is 0 Å². The molecular weight excluding hydrogens is 406 g/mol. The molecular formula is C24H21N5O3. The van der Waals surface area contributed by atoms with Crippen LogP contribution in [0.4, 0.5) is 0 Å². The summed E-state index contributed by atoms with van der Waals surface area (Å²) in [4.78, 5) is 17.5. The summed E-state index contributed by atoms with van der Waals surface area (Å²) in [7, 11) is 0. The van der Waals surface area contributed by atoms with Crippen molar-refractivity contribution < 1.29 is 9.26 Å². The van der Waals surface area contributed by atoms with Crippen molar-refractivity contribution in [3.63, 3.8) is 0 Å². The maximum absolute atomic E-state index is 13.0. The van der Waals surface area contributed by atoms with E-state index >= 15 is 0 Å². The van der Waals surface area contributed by atoms with Crippen molar-refractivity contribution in [3.05, 3.63) is 88.8 Å². The molecule has 8 nitrogen and oxygen atoms in total. The van der Waals surface area contributed by atoms with E-state index in [4.69, 9.17) is 9.26 Å². The molecule has 3 aromatic heterocycles. The zero-order valence-corrected chi connectivity index (χ0v) is 17.7. The van der Waals surface area contributed by atoms with Crippen molar-refractivity contribution in [1.29, 1.82) is 0 Å². The Labute approximate surface area is 183 Å². The molecule has 3 heterocycles. The Hall–Kier alpha value is -4.20. The third-order valence-electron chi connectivity index (χ3n) is 5.22. The highest BCUT2D eigenvalue weighted by atomic mass is 16.5. The Morgan fingerprint density at radius 2 is 1.88 bits per heavy atom. The first-order valence-corrected chi connectivity index (χ1v) is 10.3. The molecule has 0 aliphatic rings. The first kappa shape index (κ1) is 19.7. The molecule has 160 valence electrons. The van der Waals surface area contributed by atoms with E-state index in [0.717, 1.165) is 28.1 Å². The Kier molecular flexibility index (Phi) is 5.03. The van der Waals surface area contributed by atoms with Gasteiger partial charge in [-0.1, -0.05) is 29.4 Å². The molecule has 2 aromatic carbocycles. The van der Waals surface area contributed by atoms with Crippen molar-refractivity contribution in [1.82, 2.24) is 24.3 Å². The second-order valence-electron chi connectivity index (χ2n) is 7.37. The van der Waals surface area contributed by atoms with Gasteiger partial charge in [0.05, 0.1) is 12.3 Å². The maximum atomic E-state index is 13.0. The lowest BCUT2D eigenvalue weighted by Gasteiger charge is -2.02. The molecule has 32 heavy (non-hydrogen) atoms.